The highest BCUT2D eigenvalue weighted by atomic mass is 16.7. The van der Waals surface area contributed by atoms with Crippen LogP contribution in [0.4, 0.5) is 0 Å². The molecule has 126 valence electrons. The topological polar surface area (TPSA) is 137 Å². The van der Waals surface area contributed by atoms with Gasteiger partial charge in [-0.1, -0.05) is 18.2 Å². The van der Waals surface area contributed by atoms with Crippen LogP contribution in [0.5, 0.6) is 5.75 Å². The van der Waals surface area contributed by atoms with Crippen LogP contribution in [0.3, 0.4) is 0 Å². The first-order chi connectivity index (χ1) is 10.9. The fraction of sp³-hybridized carbons (Fsp3) is 0.400. The molecular weight excluding hydrogens is 308 g/mol. The van der Waals surface area contributed by atoms with E-state index in [1.54, 1.807) is 18.2 Å². The molecule has 1 aromatic carbocycles. The lowest BCUT2D eigenvalue weighted by Crippen LogP contribution is -2.60. The van der Waals surface area contributed by atoms with E-state index < -0.39 is 43.3 Å². The average Bonchev–Trinajstić information content (AvgIpc) is 2.54. The number of carbonyl (C=O) groups is 1. The average molecular weight is 326 g/mol. The van der Waals surface area contributed by atoms with Crippen molar-refractivity contribution in [3.63, 3.8) is 0 Å². The molecule has 0 amide bonds. The van der Waals surface area contributed by atoms with Crippen molar-refractivity contribution in [2.24, 2.45) is 0 Å². The molecule has 1 heterocycles. The van der Waals surface area contributed by atoms with Gasteiger partial charge in [-0.05, 0) is 12.1 Å². The second kappa shape index (κ2) is 7.53. The summed E-state index contributed by atoms with van der Waals surface area (Å²) >= 11 is 0. The molecule has 0 spiro atoms. The van der Waals surface area contributed by atoms with Gasteiger partial charge >= 0.3 is 5.97 Å². The summed E-state index contributed by atoms with van der Waals surface area (Å²) < 4.78 is 10.7. The van der Waals surface area contributed by atoms with Gasteiger partial charge in [0.1, 0.15) is 30.2 Å². The molecule has 8 heteroatoms. The van der Waals surface area contributed by atoms with Crippen LogP contribution in [0.2, 0.25) is 0 Å². The van der Waals surface area contributed by atoms with Crippen LogP contribution in [-0.4, -0.2) is 68.8 Å². The first-order valence-electron chi connectivity index (χ1n) is 6.91. The minimum absolute atomic E-state index is 0.217. The summed E-state index contributed by atoms with van der Waals surface area (Å²) in [6, 6.07) is 6.43. The number of aliphatic hydroxyl groups is 4. The maximum atomic E-state index is 10.6. The van der Waals surface area contributed by atoms with E-state index in [0.717, 1.165) is 6.08 Å². The van der Waals surface area contributed by atoms with Gasteiger partial charge in [0.25, 0.3) is 0 Å². The SMILES string of the molecule is O=C(O)C=Cc1ccccc1O[C@H]1O[C@H](CO)[C@@H](O)[C@H](O)[C@H]1O. The number of hydrogen-bond acceptors (Lipinski definition) is 7. The van der Waals surface area contributed by atoms with Crippen molar-refractivity contribution >= 4 is 12.0 Å². The predicted octanol–water partition coefficient (Wildman–Crippen LogP) is -1.04. The third-order valence-electron chi connectivity index (χ3n) is 3.42. The Balaban J connectivity index is 2.19. The fourth-order valence-electron chi connectivity index (χ4n) is 2.18. The summed E-state index contributed by atoms with van der Waals surface area (Å²) in [5, 5.41) is 47.2. The van der Waals surface area contributed by atoms with Crippen molar-refractivity contribution in [3.05, 3.63) is 35.9 Å². The minimum atomic E-state index is -1.55. The lowest BCUT2D eigenvalue weighted by molar-refractivity contribution is -0.277. The molecule has 0 bridgehead atoms. The van der Waals surface area contributed by atoms with E-state index in [4.69, 9.17) is 19.7 Å². The van der Waals surface area contributed by atoms with Gasteiger partial charge in [0.2, 0.25) is 6.29 Å². The molecule has 1 aromatic rings. The monoisotopic (exact) mass is 326 g/mol. The van der Waals surface area contributed by atoms with Crippen molar-refractivity contribution in [1.82, 2.24) is 0 Å². The highest BCUT2D eigenvalue weighted by molar-refractivity contribution is 5.85. The van der Waals surface area contributed by atoms with Crippen LogP contribution in [0.15, 0.2) is 30.3 Å². The number of benzene rings is 1. The van der Waals surface area contributed by atoms with E-state index in [2.05, 4.69) is 0 Å². The Hall–Kier alpha value is -1.97. The van der Waals surface area contributed by atoms with E-state index in [0.29, 0.717) is 5.56 Å². The number of rotatable bonds is 5. The number of hydrogen-bond donors (Lipinski definition) is 5. The largest absolute Gasteiger partial charge is 0.478 e. The van der Waals surface area contributed by atoms with E-state index in [9.17, 15) is 20.1 Å². The van der Waals surface area contributed by atoms with Crippen LogP contribution in [-0.2, 0) is 9.53 Å². The van der Waals surface area contributed by atoms with Crippen molar-refractivity contribution in [1.29, 1.82) is 0 Å². The summed E-state index contributed by atoms with van der Waals surface area (Å²) in [4.78, 5) is 10.6. The molecule has 5 atom stereocenters. The summed E-state index contributed by atoms with van der Waals surface area (Å²) in [6.45, 7) is -0.564. The molecule has 1 aliphatic heterocycles. The van der Waals surface area contributed by atoms with E-state index in [1.807, 2.05) is 0 Å². The molecule has 1 saturated heterocycles. The molecule has 2 rings (SSSR count). The smallest absolute Gasteiger partial charge is 0.328 e. The predicted molar refractivity (Wildman–Crippen MR) is 77.5 cm³/mol. The number of ether oxygens (including phenoxy) is 2. The zero-order valence-electron chi connectivity index (χ0n) is 12.0. The second-order valence-corrected chi connectivity index (χ2v) is 5.02. The van der Waals surface area contributed by atoms with Gasteiger partial charge in [0.05, 0.1) is 6.61 Å². The Kier molecular flexibility index (Phi) is 5.69. The van der Waals surface area contributed by atoms with E-state index in [-0.39, 0.29) is 5.75 Å². The van der Waals surface area contributed by atoms with Crippen molar-refractivity contribution in [3.8, 4) is 5.75 Å². The highest BCUT2D eigenvalue weighted by Crippen LogP contribution is 2.27. The first kappa shape index (κ1) is 17.4. The van der Waals surface area contributed by atoms with Crippen molar-refractivity contribution < 1.29 is 39.8 Å². The normalized spacial score (nSPS) is 31.2. The lowest BCUT2D eigenvalue weighted by atomic mass is 9.99. The number of carboxylic acids is 1. The Bertz CT molecular complexity index is 570. The molecule has 23 heavy (non-hydrogen) atoms. The molecule has 0 unspecified atom stereocenters. The number of aliphatic carboxylic acids is 1. The zero-order chi connectivity index (χ0) is 17.0. The summed E-state index contributed by atoms with van der Waals surface area (Å²) in [5.74, 6) is -0.915. The maximum Gasteiger partial charge on any atom is 0.328 e. The van der Waals surface area contributed by atoms with Gasteiger partial charge in [0, 0.05) is 11.6 Å². The highest BCUT2D eigenvalue weighted by Gasteiger charge is 2.44. The van der Waals surface area contributed by atoms with Crippen LogP contribution < -0.4 is 4.74 Å². The Morgan fingerprint density at radius 2 is 1.87 bits per heavy atom. The third-order valence-corrected chi connectivity index (χ3v) is 3.42. The molecule has 0 aromatic heterocycles. The molecule has 0 saturated carbocycles. The van der Waals surface area contributed by atoms with Gasteiger partial charge in [-0.3, -0.25) is 0 Å². The van der Waals surface area contributed by atoms with Gasteiger partial charge in [-0.15, -0.1) is 0 Å². The molecule has 1 aliphatic rings. The standard InChI is InChI=1S/C15H18O8/c16-7-10-12(19)13(20)14(21)15(23-10)22-9-4-2-1-3-8(9)5-6-11(17)18/h1-6,10,12-16,19-21H,7H2,(H,17,18)/t10-,12-,13+,14-,15+/m1/s1. The molecule has 5 N–H and O–H groups in total. The van der Waals surface area contributed by atoms with Crippen molar-refractivity contribution in [2.75, 3.05) is 6.61 Å². The number of aliphatic hydroxyl groups excluding tert-OH is 4. The third kappa shape index (κ3) is 4.06. The summed E-state index contributed by atoms with van der Waals surface area (Å²) in [7, 11) is 0. The lowest BCUT2D eigenvalue weighted by Gasteiger charge is -2.39. The van der Waals surface area contributed by atoms with Gasteiger partial charge in [-0.2, -0.15) is 0 Å². The molecule has 0 radical (unpaired) electrons. The fourth-order valence-corrected chi connectivity index (χ4v) is 2.18. The summed E-state index contributed by atoms with van der Waals surface area (Å²) in [6.07, 6.45) is -4.74. The van der Waals surface area contributed by atoms with Gasteiger partial charge < -0.3 is 35.0 Å². The Morgan fingerprint density at radius 1 is 1.17 bits per heavy atom. The van der Waals surface area contributed by atoms with Gasteiger partial charge in [-0.25, -0.2) is 4.79 Å². The quantitative estimate of drug-likeness (QED) is 0.433. The van der Waals surface area contributed by atoms with Crippen LogP contribution in [0.1, 0.15) is 5.56 Å². The first-order valence-corrected chi connectivity index (χ1v) is 6.91. The van der Waals surface area contributed by atoms with Crippen LogP contribution in [0.25, 0.3) is 6.08 Å². The Labute approximate surface area is 131 Å². The minimum Gasteiger partial charge on any atom is -0.478 e. The van der Waals surface area contributed by atoms with E-state index in [1.165, 1.54) is 12.1 Å². The zero-order valence-corrected chi connectivity index (χ0v) is 12.0. The van der Waals surface area contributed by atoms with Gasteiger partial charge in [0.15, 0.2) is 0 Å². The molecule has 1 fully saturated rings. The van der Waals surface area contributed by atoms with Crippen LogP contribution in [0, 0.1) is 0 Å². The number of carboxylic acid groups (broad SMARTS) is 1. The van der Waals surface area contributed by atoms with E-state index >= 15 is 0 Å². The molecular formula is C15H18O8. The van der Waals surface area contributed by atoms with Crippen LogP contribution >= 0.6 is 0 Å². The number of para-hydroxylation sites is 1. The second-order valence-electron chi connectivity index (χ2n) is 5.02. The molecule has 8 nitrogen and oxygen atoms in total. The Morgan fingerprint density at radius 3 is 2.52 bits per heavy atom. The molecule has 0 aliphatic carbocycles. The van der Waals surface area contributed by atoms with Crippen molar-refractivity contribution in [2.45, 2.75) is 30.7 Å². The summed E-state index contributed by atoms with van der Waals surface area (Å²) in [5.41, 5.74) is 0.423. The maximum absolute atomic E-state index is 10.6.